The predicted octanol–water partition coefficient (Wildman–Crippen LogP) is 0.233. The van der Waals surface area contributed by atoms with E-state index in [4.69, 9.17) is 0 Å². The van der Waals surface area contributed by atoms with Crippen LogP contribution in [0.5, 0.6) is 0 Å². The molecule has 2 aromatic heterocycles. The maximum Gasteiger partial charge on any atom is 0.282 e. The molecule has 3 N–H and O–H groups in total. The molecule has 0 saturated heterocycles. The summed E-state index contributed by atoms with van der Waals surface area (Å²) in [5.41, 5.74) is 0.840. The molecule has 2 aromatic rings. The molecule has 1 amide bonds. The van der Waals surface area contributed by atoms with Gasteiger partial charge in [-0.3, -0.25) is 4.79 Å². The summed E-state index contributed by atoms with van der Waals surface area (Å²) in [5, 5.41) is 14.0. The van der Waals surface area contributed by atoms with Crippen LogP contribution in [0, 0.1) is 0 Å². The van der Waals surface area contributed by atoms with Crippen molar-refractivity contribution in [3.8, 4) is 0 Å². The number of rotatable bonds is 4. The van der Waals surface area contributed by atoms with E-state index in [0.29, 0.717) is 16.7 Å². The first kappa shape index (κ1) is 10.6. The van der Waals surface area contributed by atoms with Crippen LogP contribution in [0.25, 0.3) is 0 Å². The highest BCUT2D eigenvalue weighted by molar-refractivity contribution is 7.17. The van der Waals surface area contributed by atoms with Crippen LogP contribution in [-0.4, -0.2) is 33.1 Å². The third kappa shape index (κ3) is 2.34. The van der Waals surface area contributed by atoms with E-state index in [1.165, 1.54) is 11.3 Å². The molecular weight excluding hydrogens is 228 g/mol. The second-order valence-electron chi connectivity index (χ2n) is 2.92. The maximum atomic E-state index is 11.6. The molecular formula is C8H10N6OS. The lowest BCUT2D eigenvalue weighted by Crippen LogP contribution is -2.22. The molecule has 7 nitrogen and oxygen atoms in total. The fourth-order valence-corrected chi connectivity index (χ4v) is 1.66. The van der Waals surface area contributed by atoms with Gasteiger partial charge >= 0.3 is 0 Å². The molecule has 0 aliphatic rings. The summed E-state index contributed by atoms with van der Waals surface area (Å²) in [5.74, 6) is -0.242. The van der Waals surface area contributed by atoms with Crippen molar-refractivity contribution in [3.63, 3.8) is 0 Å². The van der Waals surface area contributed by atoms with Crippen LogP contribution in [0.2, 0.25) is 0 Å². The number of hydrogen-bond donors (Lipinski definition) is 3. The minimum atomic E-state index is -0.242. The van der Waals surface area contributed by atoms with E-state index in [2.05, 4.69) is 30.8 Å². The fraction of sp³-hybridized carbons (Fsp3) is 0.250. The number of aromatic nitrogens is 4. The normalized spacial score (nSPS) is 10.1. The summed E-state index contributed by atoms with van der Waals surface area (Å²) in [7, 11) is 1.73. The Morgan fingerprint density at radius 1 is 1.56 bits per heavy atom. The third-order valence-electron chi connectivity index (χ3n) is 1.83. The third-order valence-corrected chi connectivity index (χ3v) is 2.77. The molecule has 2 heterocycles. The van der Waals surface area contributed by atoms with Crippen molar-refractivity contribution in [1.82, 2.24) is 25.5 Å². The van der Waals surface area contributed by atoms with Crippen LogP contribution >= 0.6 is 11.3 Å². The Kier molecular flexibility index (Phi) is 3.10. The second-order valence-corrected chi connectivity index (χ2v) is 3.90. The van der Waals surface area contributed by atoms with Gasteiger partial charge in [0.1, 0.15) is 0 Å². The highest BCUT2D eigenvalue weighted by atomic mass is 32.1. The zero-order valence-electron chi connectivity index (χ0n) is 8.52. The topological polar surface area (TPSA) is 95.6 Å². The molecule has 0 unspecified atom stereocenters. The van der Waals surface area contributed by atoms with Crippen molar-refractivity contribution in [2.45, 2.75) is 6.54 Å². The Labute approximate surface area is 95.3 Å². The van der Waals surface area contributed by atoms with Crippen LogP contribution in [0.3, 0.4) is 0 Å². The molecule has 0 atom stereocenters. The van der Waals surface area contributed by atoms with Gasteiger partial charge in [-0.15, -0.1) is 10.2 Å². The number of imidazole rings is 1. The lowest BCUT2D eigenvalue weighted by atomic mass is 10.4. The Bertz CT molecular complexity index is 465. The van der Waals surface area contributed by atoms with Crippen molar-refractivity contribution in [2.24, 2.45) is 0 Å². The van der Waals surface area contributed by atoms with Crippen molar-refractivity contribution >= 4 is 22.4 Å². The highest BCUT2D eigenvalue weighted by Crippen LogP contribution is 2.13. The van der Waals surface area contributed by atoms with E-state index in [0.717, 1.165) is 5.69 Å². The molecule has 0 bridgehead atoms. The first-order chi connectivity index (χ1) is 7.79. The number of anilines is 1. The van der Waals surface area contributed by atoms with Gasteiger partial charge in [-0.25, -0.2) is 4.98 Å². The molecule has 0 radical (unpaired) electrons. The van der Waals surface area contributed by atoms with Gasteiger partial charge in [-0.1, -0.05) is 11.3 Å². The van der Waals surface area contributed by atoms with Gasteiger partial charge < -0.3 is 15.6 Å². The van der Waals surface area contributed by atoms with E-state index in [9.17, 15) is 4.79 Å². The van der Waals surface area contributed by atoms with Crippen molar-refractivity contribution in [1.29, 1.82) is 0 Å². The standard InChI is InChI=1S/C8H10N6OS/c1-9-8-14-13-7(16-8)6(15)11-3-5-2-10-4-12-5/h2,4H,3H2,1H3,(H,9,14)(H,10,12)(H,11,15). The van der Waals surface area contributed by atoms with Gasteiger partial charge in [-0.05, 0) is 0 Å². The number of aromatic amines is 1. The minimum Gasteiger partial charge on any atom is -0.363 e. The van der Waals surface area contributed by atoms with Crippen LogP contribution in [0.4, 0.5) is 5.13 Å². The minimum absolute atomic E-state index is 0.242. The van der Waals surface area contributed by atoms with E-state index >= 15 is 0 Å². The van der Waals surface area contributed by atoms with Crippen molar-refractivity contribution in [3.05, 3.63) is 23.2 Å². The number of H-pyrrole nitrogens is 1. The second kappa shape index (κ2) is 4.71. The lowest BCUT2D eigenvalue weighted by molar-refractivity contribution is 0.0949. The molecule has 2 rings (SSSR count). The van der Waals surface area contributed by atoms with E-state index in [1.807, 2.05) is 0 Å². The van der Waals surface area contributed by atoms with E-state index < -0.39 is 0 Å². The van der Waals surface area contributed by atoms with Gasteiger partial charge in [0.15, 0.2) is 0 Å². The highest BCUT2D eigenvalue weighted by Gasteiger charge is 2.11. The molecule has 8 heteroatoms. The monoisotopic (exact) mass is 238 g/mol. The molecule has 0 fully saturated rings. The van der Waals surface area contributed by atoms with Gasteiger partial charge in [-0.2, -0.15) is 0 Å². The summed E-state index contributed by atoms with van der Waals surface area (Å²) >= 11 is 1.21. The Morgan fingerprint density at radius 2 is 2.44 bits per heavy atom. The summed E-state index contributed by atoms with van der Waals surface area (Å²) in [6.07, 6.45) is 3.21. The van der Waals surface area contributed by atoms with Gasteiger partial charge in [0.2, 0.25) is 10.1 Å². The average Bonchev–Trinajstić information content (AvgIpc) is 2.96. The summed E-state index contributed by atoms with van der Waals surface area (Å²) in [4.78, 5) is 18.3. The van der Waals surface area contributed by atoms with Crippen molar-refractivity contribution < 1.29 is 4.79 Å². The molecule has 0 aliphatic heterocycles. The Hall–Kier alpha value is -1.96. The van der Waals surface area contributed by atoms with E-state index in [-0.39, 0.29) is 5.91 Å². The lowest BCUT2D eigenvalue weighted by Gasteiger charge is -1.98. The van der Waals surface area contributed by atoms with E-state index in [1.54, 1.807) is 19.6 Å². The quantitative estimate of drug-likeness (QED) is 0.708. The molecule has 0 aromatic carbocycles. The largest absolute Gasteiger partial charge is 0.363 e. The summed E-state index contributed by atoms with van der Waals surface area (Å²) < 4.78 is 0. The summed E-state index contributed by atoms with van der Waals surface area (Å²) in [6.45, 7) is 0.396. The number of carbonyl (C=O) groups is 1. The van der Waals surface area contributed by atoms with Crippen LogP contribution in [-0.2, 0) is 6.54 Å². The molecule has 0 aliphatic carbocycles. The van der Waals surface area contributed by atoms with Gasteiger partial charge in [0.05, 0.1) is 18.6 Å². The van der Waals surface area contributed by atoms with Crippen LogP contribution in [0.1, 0.15) is 15.5 Å². The number of nitrogens with one attached hydrogen (secondary N) is 3. The maximum absolute atomic E-state index is 11.6. The number of hydrogen-bond acceptors (Lipinski definition) is 6. The number of nitrogens with zero attached hydrogens (tertiary/aromatic N) is 3. The Morgan fingerprint density at radius 3 is 3.06 bits per heavy atom. The molecule has 84 valence electrons. The number of amides is 1. The SMILES string of the molecule is CNc1nnc(C(=O)NCc2cnc[nH]2)s1. The predicted molar refractivity (Wildman–Crippen MR) is 59.2 cm³/mol. The zero-order chi connectivity index (χ0) is 11.4. The Balaban J connectivity index is 1.93. The molecule has 0 spiro atoms. The van der Waals surface area contributed by atoms with Crippen LogP contribution in [0.15, 0.2) is 12.5 Å². The molecule has 0 saturated carbocycles. The average molecular weight is 238 g/mol. The van der Waals surface area contributed by atoms with Gasteiger partial charge in [0, 0.05) is 13.2 Å². The summed E-state index contributed by atoms with van der Waals surface area (Å²) in [6, 6.07) is 0. The molecule has 16 heavy (non-hydrogen) atoms. The number of carbonyl (C=O) groups excluding carboxylic acids is 1. The van der Waals surface area contributed by atoms with Gasteiger partial charge in [0.25, 0.3) is 5.91 Å². The van der Waals surface area contributed by atoms with Crippen molar-refractivity contribution in [2.75, 3.05) is 12.4 Å². The first-order valence-corrected chi connectivity index (χ1v) is 5.38. The van der Waals surface area contributed by atoms with Crippen LogP contribution < -0.4 is 10.6 Å². The first-order valence-electron chi connectivity index (χ1n) is 4.56. The smallest absolute Gasteiger partial charge is 0.282 e. The fourth-order valence-electron chi connectivity index (χ4n) is 1.05. The zero-order valence-corrected chi connectivity index (χ0v) is 9.34.